The average molecular weight is 363 g/mol. The number of nitrogens with zero attached hydrogens (tertiary/aromatic N) is 4. The molecule has 4 aromatic rings. The van der Waals surface area contributed by atoms with E-state index in [0.717, 1.165) is 36.5 Å². The molecule has 0 amide bonds. The van der Waals surface area contributed by atoms with Crippen LogP contribution in [-0.2, 0) is 6.54 Å². The number of likely N-dealkylation sites (tertiary alicyclic amines) is 1. The summed E-state index contributed by atoms with van der Waals surface area (Å²) < 4.78 is 3.44. The van der Waals surface area contributed by atoms with Crippen molar-refractivity contribution in [3.8, 4) is 0 Å². The molecule has 3 aromatic heterocycles. The minimum atomic E-state index is 0.542. The van der Waals surface area contributed by atoms with Crippen molar-refractivity contribution in [3.05, 3.63) is 65.1 Å². The first-order valence-corrected chi connectivity index (χ1v) is 10.1. The molecule has 0 unspecified atom stereocenters. The number of para-hydroxylation sites is 1. The smallest absolute Gasteiger partial charge is 0.137 e. The van der Waals surface area contributed by atoms with Crippen LogP contribution in [0.4, 0.5) is 0 Å². The Balaban J connectivity index is 1.34. The molecule has 1 fully saturated rings. The van der Waals surface area contributed by atoms with Crippen molar-refractivity contribution >= 4 is 27.2 Å². The molecule has 0 spiro atoms. The van der Waals surface area contributed by atoms with Crippen LogP contribution in [0.25, 0.3) is 15.9 Å². The summed E-state index contributed by atoms with van der Waals surface area (Å²) in [5, 5.41) is 1.29. The minimum absolute atomic E-state index is 0.542. The van der Waals surface area contributed by atoms with Gasteiger partial charge in [0.1, 0.15) is 5.65 Å². The zero-order chi connectivity index (χ0) is 17.5. The molecule has 0 radical (unpaired) electrons. The van der Waals surface area contributed by atoms with Gasteiger partial charge in [0.05, 0.1) is 20.9 Å². The Morgan fingerprint density at radius 1 is 1.12 bits per heavy atom. The standard InChI is InChI=1S/C21H22N4S/c1-15-8-9-20-22-17(14-25(20)11-15)13-24-10-4-5-16(12-24)21-23-18-6-2-3-7-19(18)26-21/h2-3,6-9,11,14,16H,4-5,10,12-13H2,1H3/t16-/m0/s1. The Hall–Kier alpha value is -2.24. The average Bonchev–Trinajstić information content (AvgIpc) is 3.25. The van der Waals surface area contributed by atoms with Crippen molar-refractivity contribution in [1.82, 2.24) is 19.3 Å². The predicted molar refractivity (Wildman–Crippen MR) is 107 cm³/mol. The first-order chi connectivity index (χ1) is 12.7. The van der Waals surface area contributed by atoms with Gasteiger partial charge in [0.15, 0.2) is 0 Å². The van der Waals surface area contributed by atoms with Crippen molar-refractivity contribution in [3.63, 3.8) is 0 Å². The number of hydrogen-bond acceptors (Lipinski definition) is 4. The van der Waals surface area contributed by atoms with E-state index in [1.807, 2.05) is 11.3 Å². The maximum atomic E-state index is 4.89. The van der Waals surface area contributed by atoms with Crippen molar-refractivity contribution in [2.45, 2.75) is 32.2 Å². The summed E-state index contributed by atoms with van der Waals surface area (Å²) in [7, 11) is 0. The zero-order valence-electron chi connectivity index (χ0n) is 14.9. The first-order valence-electron chi connectivity index (χ1n) is 9.27. The molecular formula is C21H22N4S. The molecule has 4 nitrogen and oxygen atoms in total. The third-order valence-electron chi connectivity index (χ3n) is 5.20. The molecule has 0 saturated carbocycles. The summed E-state index contributed by atoms with van der Waals surface area (Å²) in [4.78, 5) is 12.2. The lowest BCUT2D eigenvalue weighted by molar-refractivity contribution is 0.198. The van der Waals surface area contributed by atoms with Crippen molar-refractivity contribution < 1.29 is 0 Å². The SMILES string of the molecule is Cc1ccc2nc(CN3CCC[C@H](c4nc5ccccc5s4)C3)cn2c1. The van der Waals surface area contributed by atoms with Gasteiger partial charge in [-0.1, -0.05) is 18.2 Å². The van der Waals surface area contributed by atoms with E-state index in [-0.39, 0.29) is 0 Å². The molecule has 0 aliphatic carbocycles. The largest absolute Gasteiger partial charge is 0.307 e. The highest BCUT2D eigenvalue weighted by Gasteiger charge is 2.24. The van der Waals surface area contributed by atoms with Crippen molar-refractivity contribution in [2.75, 3.05) is 13.1 Å². The van der Waals surface area contributed by atoms with Gasteiger partial charge >= 0.3 is 0 Å². The number of aromatic nitrogens is 3. The van der Waals surface area contributed by atoms with Crippen LogP contribution in [0, 0.1) is 6.92 Å². The zero-order valence-corrected chi connectivity index (χ0v) is 15.7. The molecule has 0 N–H and O–H groups in total. The summed E-state index contributed by atoms with van der Waals surface area (Å²) in [6.45, 7) is 5.26. The van der Waals surface area contributed by atoms with Crippen LogP contribution < -0.4 is 0 Å². The third-order valence-corrected chi connectivity index (χ3v) is 6.40. The maximum absolute atomic E-state index is 4.89. The van der Waals surface area contributed by atoms with E-state index in [4.69, 9.17) is 9.97 Å². The minimum Gasteiger partial charge on any atom is -0.307 e. The van der Waals surface area contributed by atoms with Gasteiger partial charge in [-0.15, -0.1) is 11.3 Å². The summed E-state index contributed by atoms with van der Waals surface area (Å²) in [6, 6.07) is 12.7. The number of piperidine rings is 1. The topological polar surface area (TPSA) is 33.4 Å². The fourth-order valence-electron chi connectivity index (χ4n) is 3.93. The van der Waals surface area contributed by atoms with Crippen LogP contribution in [0.3, 0.4) is 0 Å². The molecule has 1 atom stereocenters. The number of imidazole rings is 1. The second-order valence-electron chi connectivity index (χ2n) is 7.30. The Morgan fingerprint density at radius 3 is 2.96 bits per heavy atom. The molecule has 5 heteroatoms. The molecule has 132 valence electrons. The summed E-state index contributed by atoms with van der Waals surface area (Å²) in [5.74, 6) is 0.542. The maximum Gasteiger partial charge on any atom is 0.137 e. The lowest BCUT2D eigenvalue weighted by Crippen LogP contribution is -2.33. The Kier molecular flexibility index (Phi) is 3.98. The van der Waals surface area contributed by atoms with Gasteiger partial charge in [0.25, 0.3) is 0 Å². The number of rotatable bonds is 3. The Labute approximate surface area is 157 Å². The van der Waals surface area contributed by atoms with Gasteiger partial charge in [0, 0.05) is 31.4 Å². The van der Waals surface area contributed by atoms with Crippen LogP contribution in [0.1, 0.15) is 35.0 Å². The van der Waals surface area contributed by atoms with E-state index in [9.17, 15) is 0 Å². The fraction of sp³-hybridized carbons (Fsp3) is 0.333. The molecular weight excluding hydrogens is 340 g/mol. The quantitative estimate of drug-likeness (QED) is 0.533. The van der Waals surface area contributed by atoms with Gasteiger partial charge in [-0.25, -0.2) is 9.97 Å². The molecule has 26 heavy (non-hydrogen) atoms. The normalized spacial score (nSPS) is 18.7. The molecule has 1 aliphatic heterocycles. The first kappa shape index (κ1) is 16.0. The van der Waals surface area contributed by atoms with Crippen molar-refractivity contribution in [1.29, 1.82) is 0 Å². The molecule has 0 bridgehead atoms. The van der Waals surface area contributed by atoms with Gasteiger partial charge in [-0.05, 0) is 50.1 Å². The highest BCUT2D eigenvalue weighted by atomic mass is 32.1. The number of hydrogen-bond donors (Lipinski definition) is 0. The molecule has 5 rings (SSSR count). The lowest BCUT2D eigenvalue weighted by Gasteiger charge is -2.31. The van der Waals surface area contributed by atoms with E-state index >= 15 is 0 Å². The lowest BCUT2D eigenvalue weighted by atomic mass is 9.98. The second-order valence-corrected chi connectivity index (χ2v) is 8.36. The number of aryl methyl sites for hydroxylation is 1. The Bertz CT molecular complexity index is 1030. The summed E-state index contributed by atoms with van der Waals surface area (Å²) in [6.07, 6.45) is 6.78. The molecule has 1 aromatic carbocycles. The van der Waals surface area contributed by atoms with E-state index < -0.39 is 0 Å². The van der Waals surface area contributed by atoms with Crippen LogP contribution in [-0.4, -0.2) is 32.4 Å². The highest BCUT2D eigenvalue weighted by Crippen LogP contribution is 2.33. The number of fused-ring (bicyclic) bond motifs is 2. The van der Waals surface area contributed by atoms with Crippen molar-refractivity contribution in [2.24, 2.45) is 0 Å². The summed E-state index contributed by atoms with van der Waals surface area (Å²) in [5.41, 5.74) is 4.58. The monoisotopic (exact) mass is 362 g/mol. The van der Waals surface area contributed by atoms with E-state index in [1.54, 1.807) is 0 Å². The van der Waals surface area contributed by atoms with E-state index in [1.165, 1.54) is 28.1 Å². The van der Waals surface area contributed by atoms with Crippen LogP contribution in [0.15, 0.2) is 48.8 Å². The van der Waals surface area contributed by atoms with Gasteiger partial charge < -0.3 is 4.40 Å². The van der Waals surface area contributed by atoms with Gasteiger partial charge in [-0.3, -0.25) is 4.90 Å². The number of benzene rings is 1. The van der Waals surface area contributed by atoms with E-state index in [0.29, 0.717) is 5.92 Å². The second kappa shape index (κ2) is 6.49. The third kappa shape index (κ3) is 3.02. The summed E-state index contributed by atoms with van der Waals surface area (Å²) >= 11 is 1.86. The predicted octanol–water partition coefficient (Wildman–Crippen LogP) is 4.63. The molecule has 1 aliphatic rings. The molecule has 1 saturated heterocycles. The Morgan fingerprint density at radius 2 is 2.04 bits per heavy atom. The van der Waals surface area contributed by atoms with Gasteiger partial charge in [0.2, 0.25) is 0 Å². The van der Waals surface area contributed by atoms with Gasteiger partial charge in [-0.2, -0.15) is 0 Å². The fourth-order valence-corrected chi connectivity index (χ4v) is 5.02. The van der Waals surface area contributed by atoms with Crippen LogP contribution in [0.2, 0.25) is 0 Å². The number of pyridine rings is 1. The number of thiazole rings is 1. The van der Waals surface area contributed by atoms with Crippen LogP contribution in [0.5, 0.6) is 0 Å². The van der Waals surface area contributed by atoms with Crippen LogP contribution >= 0.6 is 11.3 Å². The van der Waals surface area contributed by atoms with E-state index in [2.05, 4.69) is 65.0 Å². The molecule has 4 heterocycles. The highest BCUT2D eigenvalue weighted by molar-refractivity contribution is 7.18.